The van der Waals surface area contributed by atoms with Gasteiger partial charge in [0.05, 0.1) is 15.6 Å². The molecule has 4 rings (SSSR count). The Kier molecular flexibility index (Phi) is 45.0. The fraction of sp³-hybridized carbons (Fsp3) is 0.226. The highest BCUT2D eigenvalue weighted by molar-refractivity contribution is 14.3. The number of hydrogen-bond donors (Lipinski definition) is 4. The van der Waals surface area contributed by atoms with Gasteiger partial charge in [0.25, 0.3) is 0 Å². The molecular formula is C31H39I7N8O6. The van der Waals surface area contributed by atoms with Gasteiger partial charge in [0.1, 0.15) is 22.7 Å². The van der Waals surface area contributed by atoms with E-state index >= 15 is 0 Å². The van der Waals surface area contributed by atoms with Crippen LogP contribution in [0.4, 0.5) is 45.5 Å². The maximum Gasteiger partial charge on any atom is 0.114 e. The molecule has 0 bridgehead atoms. The van der Waals surface area contributed by atoms with Crippen LogP contribution in [-0.2, 0) is 22.7 Å². The summed E-state index contributed by atoms with van der Waals surface area (Å²) < 4.78 is 11.7. The fourth-order valence-electron chi connectivity index (χ4n) is 2.97. The second-order valence-corrected chi connectivity index (χ2v) is 23.9. The number of rotatable bonds is 8. The summed E-state index contributed by atoms with van der Waals surface area (Å²) in [4.78, 5) is 42.1. The minimum Gasteiger partial charge on any atom is -0.399 e. The molecule has 0 radical (unpaired) electrons. The summed E-state index contributed by atoms with van der Waals surface area (Å²) in [5.74, 6) is 0. The first kappa shape index (κ1) is 58.2. The number of ether oxygens (including phenoxy) is 2. The maximum atomic E-state index is 10.3. The SMILES string of the molecule is CI.COCc1cc(N)ccc1N.COCc1cc(N=O)ccc1N=O.I.IC(I)I.ICI.Nc1ccc(N)cc1.O=Nc1ccc(N=O)cc1. The molecule has 0 heterocycles. The van der Waals surface area contributed by atoms with E-state index in [0.29, 0.717) is 29.2 Å². The van der Waals surface area contributed by atoms with Gasteiger partial charge in [0.15, 0.2) is 0 Å². The van der Waals surface area contributed by atoms with E-state index in [4.69, 9.17) is 32.4 Å². The predicted octanol–water partition coefficient (Wildman–Crippen LogP) is 13.0. The number of methoxy groups -OCH3 is 2. The van der Waals surface area contributed by atoms with E-state index in [2.05, 4.69) is 156 Å². The number of hydrogen-bond acceptors (Lipinski definition) is 14. The molecule has 288 valence electrons. The topological polar surface area (TPSA) is 240 Å². The number of alkyl halides is 6. The van der Waals surface area contributed by atoms with E-state index in [1.807, 2.05) is 11.0 Å². The minimum absolute atomic E-state index is 0. The number of anilines is 4. The number of nitroso groups, excluding NO2 is 4. The zero-order valence-electron chi connectivity index (χ0n) is 28.0. The molecule has 21 heteroatoms. The Morgan fingerprint density at radius 3 is 1.25 bits per heavy atom. The van der Waals surface area contributed by atoms with Gasteiger partial charge in [-0.1, -0.05) is 136 Å². The molecule has 0 saturated heterocycles. The minimum atomic E-state index is 0. The molecule has 14 nitrogen and oxygen atoms in total. The largest absolute Gasteiger partial charge is 0.399 e. The van der Waals surface area contributed by atoms with Gasteiger partial charge >= 0.3 is 0 Å². The van der Waals surface area contributed by atoms with Crippen LogP contribution in [0.2, 0.25) is 0 Å². The van der Waals surface area contributed by atoms with Crippen LogP contribution >= 0.6 is 160 Å². The van der Waals surface area contributed by atoms with Crippen molar-refractivity contribution >= 4 is 205 Å². The van der Waals surface area contributed by atoms with Gasteiger partial charge in [0.2, 0.25) is 0 Å². The molecule has 4 aromatic carbocycles. The molecule has 8 N–H and O–H groups in total. The van der Waals surface area contributed by atoms with Gasteiger partial charge in [-0.2, -0.15) is 0 Å². The highest BCUT2D eigenvalue weighted by Gasteiger charge is 2.04. The molecule has 0 aliphatic carbocycles. The molecule has 0 unspecified atom stereocenters. The van der Waals surface area contributed by atoms with Gasteiger partial charge in [-0.25, -0.2) is 0 Å². The van der Waals surface area contributed by atoms with Crippen molar-refractivity contribution in [3.8, 4) is 0 Å². The molecule has 0 spiro atoms. The van der Waals surface area contributed by atoms with Crippen molar-refractivity contribution in [2.75, 3.05) is 44.5 Å². The third kappa shape index (κ3) is 32.9. The predicted molar refractivity (Wildman–Crippen MR) is 281 cm³/mol. The van der Waals surface area contributed by atoms with Gasteiger partial charge in [-0.15, -0.1) is 43.6 Å². The molecule has 0 saturated carbocycles. The van der Waals surface area contributed by atoms with E-state index in [1.54, 1.807) is 43.5 Å². The average molecular weight is 1510 g/mol. The standard InChI is InChI=1S/C8H8N2O3.C8H12N2O.C6H4N2O2.C6H8N2.CHI3.CH2I2.CH3I.HI/c1-13-5-6-4-7(9-11)2-3-8(6)10-12;1-11-5-6-4-7(9)2-3-8(6)10;9-7-5-1-2-6(8-10)4-3-5;7-5-1-2-6(8)4-3-5;2-1(3)4;2-1-3;1-2;/h2-4H,5H2,1H3;2-4H,5,9-10H2,1H3;1-4H;1-4H,7-8H2;1H;1H2;1H3;1H. The number of benzene rings is 4. The van der Waals surface area contributed by atoms with Crippen molar-refractivity contribution in [2.24, 2.45) is 20.7 Å². The van der Waals surface area contributed by atoms with Crippen LogP contribution in [0.1, 0.15) is 11.1 Å². The maximum absolute atomic E-state index is 10.3. The molecule has 0 amide bonds. The second-order valence-electron chi connectivity index (χ2n) is 8.53. The number of nitrogens with two attached hydrogens (primary N) is 4. The summed E-state index contributed by atoms with van der Waals surface area (Å²) >= 11 is 13.6. The van der Waals surface area contributed by atoms with E-state index in [0.717, 1.165) is 22.6 Å². The summed E-state index contributed by atoms with van der Waals surface area (Å²) in [6.45, 7) is 0.751. The van der Waals surface area contributed by atoms with Gasteiger partial charge in [-0.3, -0.25) is 0 Å². The lowest BCUT2D eigenvalue weighted by Gasteiger charge is -2.04. The molecule has 0 atom stereocenters. The Morgan fingerprint density at radius 2 is 0.904 bits per heavy atom. The number of nitrogens with zero attached hydrogens (tertiary/aromatic N) is 4. The first-order chi connectivity index (χ1) is 24.3. The molecular weight excluding hydrogens is 1470 g/mol. The normalized spacial score (nSPS) is 8.73. The van der Waals surface area contributed by atoms with Crippen molar-refractivity contribution < 1.29 is 9.47 Å². The molecule has 0 fully saturated rings. The summed E-state index contributed by atoms with van der Waals surface area (Å²) in [5.41, 5.74) is 27.5. The van der Waals surface area contributed by atoms with Gasteiger partial charge in [-0.05, 0) is 111 Å². The fourth-order valence-corrected chi connectivity index (χ4v) is 2.97. The lowest BCUT2D eigenvalue weighted by molar-refractivity contribution is 0.185. The molecule has 0 aliphatic heterocycles. The Balaban J connectivity index is -0.000000275. The molecule has 0 aromatic heterocycles. The van der Waals surface area contributed by atoms with Crippen LogP contribution in [0.15, 0.2) is 106 Å². The van der Waals surface area contributed by atoms with E-state index in [9.17, 15) is 19.6 Å². The third-order valence-electron chi connectivity index (χ3n) is 5.03. The zero-order valence-corrected chi connectivity index (χ0v) is 43.3. The first-order valence-electron chi connectivity index (χ1n) is 13.6. The number of halogens is 7. The summed E-state index contributed by atoms with van der Waals surface area (Å²) in [5, 5.41) is 10.8. The molecule has 0 aliphatic rings. The zero-order chi connectivity index (χ0) is 39.6. The van der Waals surface area contributed by atoms with Crippen LogP contribution in [0, 0.1) is 19.6 Å². The van der Waals surface area contributed by atoms with Crippen molar-refractivity contribution in [3.05, 3.63) is 116 Å². The molecule has 52 heavy (non-hydrogen) atoms. The first-order valence-corrected chi connectivity index (χ1v) is 22.5. The van der Waals surface area contributed by atoms with E-state index in [-0.39, 0.29) is 42.0 Å². The number of nitrogen functional groups attached to an aromatic ring is 4. The Hall–Kier alpha value is -0.490. The average Bonchev–Trinajstić information content (AvgIpc) is 3.13. The Morgan fingerprint density at radius 1 is 0.558 bits per heavy atom. The van der Waals surface area contributed by atoms with Crippen molar-refractivity contribution in [1.82, 2.24) is 0 Å². The Bertz CT molecular complexity index is 1460. The summed E-state index contributed by atoms with van der Waals surface area (Å²) in [7, 11) is 3.12. The lowest BCUT2D eigenvalue weighted by Crippen LogP contribution is -1.97. The van der Waals surface area contributed by atoms with Crippen molar-refractivity contribution in [1.29, 1.82) is 0 Å². The highest BCUT2D eigenvalue weighted by atomic mass is 127. The van der Waals surface area contributed by atoms with Crippen molar-refractivity contribution in [2.45, 2.75) is 13.2 Å². The van der Waals surface area contributed by atoms with Gasteiger partial charge < -0.3 is 32.4 Å². The van der Waals surface area contributed by atoms with Crippen LogP contribution < -0.4 is 22.9 Å². The second kappa shape index (κ2) is 40.2. The van der Waals surface area contributed by atoms with Crippen LogP contribution in [0.25, 0.3) is 0 Å². The van der Waals surface area contributed by atoms with Gasteiger partial charge in [0, 0.05) is 48.1 Å². The smallest absolute Gasteiger partial charge is 0.114 e. The lowest BCUT2D eigenvalue weighted by atomic mass is 10.2. The third-order valence-corrected chi connectivity index (χ3v) is 5.03. The summed E-state index contributed by atoms with van der Waals surface area (Å²) in [6.07, 6.45) is 0. The van der Waals surface area contributed by atoms with E-state index < -0.39 is 0 Å². The molecule has 4 aromatic rings. The quantitative estimate of drug-likeness (QED) is 0.0563. The van der Waals surface area contributed by atoms with Crippen LogP contribution in [0.3, 0.4) is 0 Å². The monoisotopic (exact) mass is 1510 g/mol. The summed E-state index contributed by atoms with van der Waals surface area (Å²) in [6, 6.07) is 22.6. The van der Waals surface area contributed by atoms with Crippen LogP contribution in [-0.4, -0.2) is 21.5 Å². The van der Waals surface area contributed by atoms with E-state index in [1.165, 1.54) is 52.0 Å². The van der Waals surface area contributed by atoms with Crippen LogP contribution in [0.5, 0.6) is 0 Å². The van der Waals surface area contributed by atoms with Crippen molar-refractivity contribution in [3.63, 3.8) is 0 Å². The highest BCUT2D eigenvalue weighted by Crippen LogP contribution is 2.25. The Labute approximate surface area is 402 Å².